The van der Waals surface area contributed by atoms with Crippen molar-refractivity contribution in [1.82, 2.24) is 35.5 Å². The lowest BCUT2D eigenvalue weighted by atomic mass is 10.0. The molecule has 0 spiro atoms. The maximum Gasteiger partial charge on any atom is 0.490 e. The van der Waals surface area contributed by atoms with Crippen molar-refractivity contribution in [3.63, 3.8) is 0 Å². The van der Waals surface area contributed by atoms with Gasteiger partial charge in [0, 0.05) is 29.7 Å². The number of hydrogen-bond donors (Lipinski definition) is 10. The van der Waals surface area contributed by atoms with Crippen LogP contribution < -0.4 is 21.7 Å². The van der Waals surface area contributed by atoms with Crippen molar-refractivity contribution >= 4 is 75.9 Å². The third-order valence-electron chi connectivity index (χ3n) is 8.56. The molecule has 0 saturated carbocycles. The number of imidazole rings is 1. The zero-order valence-electron chi connectivity index (χ0n) is 28.5. The summed E-state index contributed by atoms with van der Waals surface area (Å²) >= 11 is 3.20. The molecule has 54 heavy (non-hydrogen) atoms. The summed E-state index contributed by atoms with van der Waals surface area (Å²) < 4.78 is 53.2. The molecule has 3 saturated heterocycles. The largest absolute Gasteiger partial charge is 0.490 e. The maximum atomic E-state index is 12.2. The molecule has 5 rings (SSSR count). The molecule has 3 aliphatic heterocycles. The van der Waals surface area contributed by atoms with Crippen LogP contribution in [0.15, 0.2) is 11.5 Å². The molecule has 0 radical (unpaired) electrons. The quantitative estimate of drug-likeness (QED) is 0.0273. The van der Waals surface area contributed by atoms with Crippen molar-refractivity contribution in [2.75, 3.05) is 30.4 Å². The van der Waals surface area contributed by atoms with E-state index in [9.17, 15) is 43.3 Å². The highest BCUT2D eigenvalue weighted by Gasteiger charge is 2.47. The second-order valence-corrected chi connectivity index (χ2v) is 19.4. The number of urea groups is 1. The Kier molecular flexibility index (Phi) is 14.9. The van der Waals surface area contributed by atoms with Crippen LogP contribution in [-0.2, 0) is 36.4 Å². The molecule has 23 nitrogen and oxygen atoms in total. The molecule has 9 atom stereocenters. The molecule has 2 aromatic heterocycles. The first-order chi connectivity index (χ1) is 25.4. The Morgan fingerprint density at radius 1 is 1.04 bits per heavy atom. The second-order valence-electron chi connectivity index (χ2n) is 12.6. The number of unbranched alkanes of at least 4 members (excludes halogenated alkanes) is 4. The number of nitrogen functional groups attached to an aromatic ring is 1. The van der Waals surface area contributed by atoms with Crippen LogP contribution in [0, 0.1) is 0 Å². The fourth-order valence-electron chi connectivity index (χ4n) is 6.07. The van der Waals surface area contributed by atoms with E-state index in [-0.39, 0.29) is 41.0 Å². The number of aliphatic hydroxyl groups is 2. The van der Waals surface area contributed by atoms with E-state index in [1.165, 1.54) is 22.7 Å². The number of nitrogens with zero attached hydrogens (tertiary/aromatic N) is 4. The third-order valence-corrected chi connectivity index (χ3v) is 14.8. The number of rotatable bonds is 21. The lowest BCUT2D eigenvalue weighted by Crippen LogP contribution is -2.36. The van der Waals surface area contributed by atoms with Crippen molar-refractivity contribution in [3.05, 3.63) is 6.33 Å². The Hall–Kier alpha value is -1.92. The number of hydrogen-bond acceptors (Lipinski definition) is 17. The molecule has 2 aromatic rings. The highest BCUT2D eigenvalue weighted by atomic mass is 32.2. The van der Waals surface area contributed by atoms with E-state index in [0.29, 0.717) is 29.1 Å². The van der Waals surface area contributed by atoms with Crippen molar-refractivity contribution in [2.24, 2.45) is 0 Å². The van der Waals surface area contributed by atoms with Gasteiger partial charge in [-0.15, -0.1) is 0 Å². The van der Waals surface area contributed by atoms with Gasteiger partial charge in [0.2, 0.25) is 5.91 Å². The monoisotopic (exact) mass is 864 g/mol. The van der Waals surface area contributed by atoms with Gasteiger partial charge in [0.05, 0.1) is 25.0 Å². The third kappa shape index (κ3) is 12.0. The average Bonchev–Trinajstić information content (AvgIpc) is 3.82. The van der Waals surface area contributed by atoms with Gasteiger partial charge in [-0.2, -0.15) is 20.4 Å². The Morgan fingerprint density at radius 2 is 1.80 bits per heavy atom. The second kappa shape index (κ2) is 18.6. The molecular formula is C26H43N8O15P3S2. The number of phosphoric ester groups is 1. The molecular weight excluding hydrogens is 821 g/mol. The number of aromatic nitrogens is 4. The van der Waals surface area contributed by atoms with Crippen LogP contribution in [0.5, 0.6) is 0 Å². The molecule has 3 aliphatic rings. The number of fused-ring (bicyclic) bond motifs is 2. The minimum atomic E-state index is -5.76. The summed E-state index contributed by atoms with van der Waals surface area (Å²) in [6.07, 6.45) is 1.61. The van der Waals surface area contributed by atoms with Crippen LogP contribution in [0.3, 0.4) is 0 Å². The SMILES string of the molecule is Nc1nc(SCCCCCCNC(=O)CCCC[C@@H]2SC[C@@H]3NC(=O)N[C@@H]32)nc2c1ncn2[C@@H]1O[C@H](COP(=O)(O)OP(=O)(O)OP(=O)(O)O)[C@@H](O)[C@H]1O. The number of carbonyl (C=O) groups excluding carboxylic acids is 2. The van der Waals surface area contributed by atoms with Gasteiger partial charge in [0.25, 0.3) is 0 Å². The highest BCUT2D eigenvalue weighted by Crippen LogP contribution is 2.66. The minimum Gasteiger partial charge on any atom is -0.387 e. The topological polar surface area (TPSA) is 349 Å². The zero-order chi connectivity index (χ0) is 39.3. The normalized spacial score (nSPS) is 27.7. The summed E-state index contributed by atoms with van der Waals surface area (Å²) in [7, 11) is -16.9. The van der Waals surface area contributed by atoms with E-state index in [1.54, 1.807) is 0 Å². The van der Waals surface area contributed by atoms with Gasteiger partial charge >= 0.3 is 29.5 Å². The lowest BCUT2D eigenvalue weighted by molar-refractivity contribution is -0.121. The molecule has 28 heteroatoms. The zero-order valence-corrected chi connectivity index (χ0v) is 32.8. The van der Waals surface area contributed by atoms with Crippen molar-refractivity contribution in [2.45, 2.75) is 98.4 Å². The number of nitrogens with two attached hydrogens (primary N) is 1. The smallest absolute Gasteiger partial charge is 0.387 e. The van der Waals surface area contributed by atoms with Crippen LogP contribution in [0.2, 0.25) is 0 Å². The number of amides is 3. The Bertz CT molecular complexity index is 1790. The van der Waals surface area contributed by atoms with Crippen molar-refractivity contribution in [1.29, 1.82) is 0 Å². The molecule has 0 aliphatic carbocycles. The van der Waals surface area contributed by atoms with Gasteiger partial charge in [0.15, 0.2) is 22.8 Å². The van der Waals surface area contributed by atoms with Crippen molar-refractivity contribution < 1.29 is 71.0 Å². The van der Waals surface area contributed by atoms with Crippen LogP contribution >= 0.6 is 47.0 Å². The van der Waals surface area contributed by atoms with Crippen LogP contribution in [0.25, 0.3) is 11.2 Å². The molecule has 0 aromatic carbocycles. The van der Waals surface area contributed by atoms with Gasteiger partial charge in [-0.25, -0.2) is 33.4 Å². The molecule has 11 N–H and O–H groups in total. The molecule has 3 fully saturated rings. The fourth-order valence-corrected chi connectivity index (χ4v) is 11.5. The van der Waals surface area contributed by atoms with Crippen LogP contribution in [0.4, 0.5) is 10.6 Å². The van der Waals surface area contributed by atoms with E-state index in [4.69, 9.17) is 20.3 Å². The molecule has 5 heterocycles. The number of aliphatic hydroxyl groups excluding tert-OH is 2. The number of anilines is 1. The predicted octanol–water partition coefficient (Wildman–Crippen LogP) is 0.866. The van der Waals surface area contributed by atoms with Crippen LogP contribution in [-0.4, -0.2) is 122 Å². The summed E-state index contributed by atoms with van der Waals surface area (Å²) in [5.74, 6) is 1.64. The fraction of sp³-hybridized carbons (Fsp3) is 0.731. The van der Waals surface area contributed by atoms with E-state index in [1.807, 2.05) is 11.8 Å². The minimum absolute atomic E-state index is 0.0337. The molecule has 304 valence electrons. The van der Waals surface area contributed by atoms with E-state index in [0.717, 1.165) is 50.7 Å². The van der Waals surface area contributed by atoms with E-state index < -0.39 is 54.6 Å². The van der Waals surface area contributed by atoms with Crippen LogP contribution in [0.1, 0.15) is 57.6 Å². The number of ether oxygens (including phenoxy) is 1. The summed E-state index contributed by atoms with van der Waals surface area (Å²) in [6.45, 7) is -0.396. The standard InChI is InChI=1S/C26H43N8O15P3S2/c27-22-19-23(34(13-29-19)24-21(37)20(36)15(47-24)11-46-51(42,43)49-52(44,45)48-50(39,40)41)33-26(32-22)53-10-6-2-1-5-9-28-17(35)8-4-3-7-16-18-14(12-54-16)30-25(38)31-18/h13-16,18,20-21,24,36-37H,1-12H2,(H,28,35)(H,42,43)(H,44,45)(H2,27,32,33)(H2,30,31,38)(H2,39,40,41)/t14-,15+,16-,18-,20+,21+,24+/m0/s1. The number of phosphoric acid groups is 3. The van der Waals surface area contributed by atoms with E-state index >= 15 is 0 Å². The van der Waals surface area contributed by atoms with E-state index in [2.05, 4.69) is 44.0 Å². The first-order valence-corrected chi connectivity index (χ1v) is 23.3. The van der Waals surface area contributed by atoms with Gasteiger partial charge in [-0.05, 0) is 25.7 Å². The summed E-state index contributed by atoms with van der Waals surface area (Å²) in [4.78, 5) is 73.0. The highest BCUT2D eigenvalue weighted by molar-refractivity contribution is 8.00. The number of thioether (sulfide) groups is 2. The average molecular weight is 865 g/mol. The molecule has 0 bridgehead atoms. The first-order valence-electron chi connectivity index (χ1n) is 16.8. The molecule has 3 amide bonds. The Labute approximate surface area is 316 Å². The number of carbonyl (C=O) groups is 2. The first kappa shape index (κ1) is 43.2. The maximum absolute atomic E-state index is 12.2. The summed E-state index contributed by atoms with van der Waals surface area (Å²) in [5, 5.41) is 30.8. The summed E-state index contributed by atoms with van der Waals surface area (Å²) in [5.41, 5.74) is 6.42. The Morgan fingerprint density at radius 3 is 2.56 bits per heavy atom. The van der Waals surface area contributed by atoms with Gasteiger partial charge in [-0.1, -0.05) is 31.0 Å². The van der Waals surface area contributed by atoms with Gasteiger partial charge in [-0.3, -0.25) is 13.9 Å². The predicted molar refractivity (Wildman–Crippen MR) is 192 cm³/mol. The molecule has 2 unspecified atom stereocenters. The van der Waals surface area contributed by atoms with Gasteiger partial charge < -0.3 is 56.2 Å². The summed E-state index contributed by atoms with van der Waals surface area (Å²) in [6, 6.07) is 0.280. The van der Waals surface area contributed by atoms with Gasteiger partial charge in [0.1, 0.15) is 23.8 Å². The number of nitrogens with one attached hydrogen (secondary N) is 3. The lowest BCUT2D eigenvalue weighted by Gasteiger charge is -2.19. The Balaban J connectivity index is 1.000. The van der Waals surface area contributed by atoms with Crippen molar-refractivity contribution in [3.8, 4) is 0 Å².